The van der Waals surface area contributed by atoms with E-state index in [1.807, 2.05) is 13.0 Å². The molecular weight excluding hydrogens is 663 g/mol. The van der Waals surface area contributed by atoms with E-state index >= 15 is 0 Å². The summed E-state index contributed by atoms with van der Waals surface area (Å²) in [5, 5.41) is 15.7. The number of imidazole rings is 1. The predicted molar refractivity (Wildman–Crippen MR) is 203 cm³/mol. The van der Waals surface area contributed by atoms with Gasteiger partial charge in [0.15, 0.2) is 5.82 Å². The van der Waals surface area contributed by atoms with Crippen LogP contribution < -0.4 is 4.90 Å². The number of nitriles is 1. The monoisotopic (exact) mass is 719 g/mol. The molecule has 0 radical (unpaired) electrons. The van der Waals surface area contributed by atoms with Crippen molar-refractivity contribution in [2.45, 2.75) is 104 Å². The van der Waals surface area contributed by atoms with E-state index in [-0.39, 0.29) is 18.7 Å². The van der Waals surface area contributed by atoms with Crippen molar-refractivity contribution >= 4 is 38.8 Å². The number of hydrogen-bond donors (Lipinski definition) is 0. The molecule has 1 saturated heterocycles. The summed E-state index contributed by atoms with van der Waals surface area (Å²) < 4.78 is 22.3. The number of aromatic nitrogens is 4. The van der Waals surface area contributed by atoms with Crippen LogP contribution in [0.25, 0.3) is 22.6 Å². The average Bonchev–Trinajstić information content (AvgIpc) is 3.43. The van der Waals surface area contributed by atoms with E-state index in [0.29, 0.717) is 73.6 Å². The Balaban J connectivity index is 1.40. The third-order valence-electron chi connectivity index (χ3n) is 11.0. The van der Waals surface area contributed by atoms with Crippen LogP contribution >= 0.6 is 0 Å². The number of nitrogens with zero attached hydrogens (tertiary/aromatic N) is 7. The Kier molecular flexibility index (Phi) is 10.5. The molecule has 3 aromatic rings. The smallest absolute Gasteiger partial charge is 0.243 e. The zero-order valence-corrected chi connectivity index (χ0v) is 33.8. The minimum absolute atomic E-state index is 0.0257. The van der Waals surface area contributed by atoms with Crippen LogP contribution in [-0.4, -0.2) is 98.9 Å². The quantitative estimate of drug-likeness (QED) is 0.143. The van der Waals surface area contributed by atoms with Crippen molar-refractivity contribution < 1.29 is 19.0 Å². The zero-order valence-electron chi connectivity index (χ0n) is 31.8. The number of amides is 1. The summed E-state index contributed by atoms with van der Waals surface area (Å²) in [6, 6.07) is 8.00. The van der Waals surface area contributed by atoms with Gasteiger partial charge in [0.05, 0.1) is 30.3 Å². The number of morpholine rings is 1. The largest absolute Gasteiger partial charge is 0.379 e. The van der Waals surface area contributed by atoms with Crippen molar-refractivity contribution in [3.8, 4) is 17.6 Å². The highest BCUT2D eigenvalue weighted by Gasteiger charge is 2.54. The van der Waals surface area contributed by atoms with Crippen LogP contribution in [0.15, 0.2) is 12.1 Å². The van der Waals surface area contributed by atoms with Gasteiger partial charge in [0.1, 0.15) is 30.7 Å². The van der Waals surface area contributed by atoms with E-state index in [1.165, 1.54) is 17.7 Å². The van der Waals surface area contributed by atoms with E-state index in [4.69, 9.17) is 24.3 Å². The predicted octanol–water partition coefficient (Wildman–Crippen LogP) is 6.20. The van der Waals surface area contributed by atoms with E-state index in [2.05, 4.69) is 66.4 Å². The van der Waals surface area contributed by atoms with E-state index in [0.717, 1.165) is 42.7 Å². The van der Waals surface area contributed by atoms with Crippen molar-refractivity contribution in [1.29, 1.82) is 5.26 Å². The van der Waals surface area contributed by atoms with Crippen LogP contribution in [-0.2, 0) is 45.3 Å². The molecule has 1 unspecified atom stereocenters. The highest BCUT2D eigenvalue weighted by molar-refractivity contribution is 6.76. The summed E-state index contributed by atoms with van der Waals surface area (Å²) in [6.07, 6.45) is 3.16. The molecule has 0 spiro atoms. The summed E-state index contributed by atoms with van der Waals surface area (Å²) in [7, 11) is -0.750. The Morgan fingerprint density at radius 1 is 1.10 bits per heavy atom. The highest BCUT2D eigenvalue weighted by atomic mass is 28.3. The molecule has 11 nitrogen and oxygen atoms in total. The first kappa shape index (κ1) is 36.9. The fraction of sp³-hybridized carbons (Fsp3) is 0.676. The van der Waals surface area contributed by atoms with Gasteiger partial charge in [-0.15, -0.1) is 0 Å². The molecule has 2 fully saturated rings. The number of carbonyl (C=O) groups is 1. The topological polar surface area (TPSA) is 111 Å². The van der Waals surface area contributed by atoms with E-state index in [9.17, 15) is 10.1 Å². The molecule has 0 bridgehead atoms. The molecule has 1 aromatic carbocycles. The Bertz CT molecular complexity index is 1760. The number of ether oxygens (including phenoxy) is 3. The SMILES string of the molecule is CC(C(=O)N(C)c1cc(C#N)c2nc(-c3nn(COCC[Si](C)(C)C)c4c3C[C@@H]3C[C@]3(C)C4)n(COCC[Si](C)(C)C)c2c1)N1CCOCC1. The minimum Gasteiger partial charge on any atom is -0.379 e. The first-order chi connectivity index (χ1) is 23.6. The normalized spacial score (nSPS) is 21.5. The number of hydrogen-bond acceptors (Lipinski definition) is 8. The fourth-order valence-corrected chi connectivity index (χ4v) is 8.80. The molecule has 6 rings (SSSR count). The standard InChI is InChI=1S/C37H57N7O4Si2/c1-26(42-10-12-46-13-11-42)36(45)41(3)29-18-27(23-38)33-31(20-29)43(24-47-14-16-49(4,5)6)35(39-33)34-30-19-28-21-37(28,2)22-32(30)44(40-34)25-48-15-17-50(7,8)9/h18,20,26,28H,10-17,19,21-22,24-25H2,1-9H3/t26?,28-,37-/m1/s1. The Morgan fingerprint density at radius 3 is 2.40 bits per heavy atom. The van der Waals surface area contributed by atoms with E-state index in [1.54, 1.807) is 18.0 Å². The highest BCUT2D eigenvalue weighted by Crippen LogP contribution is 2.60. The lowest BCUT2D eigenvalue weighted by Gasteiger charge is -2.33. The lowest BCUT2D eigenvalue weighted by atomic mass is 9.87. The van der Waals surface area contributed by atoms with Gasteiger partial charge in [0, 0.05) is 66.4 Å². The molecule has 50 heavy (non-hydrogen) atoms. The first-order valence-corrected chi connectivity index (χ1v) is 25.8. The van der Waals surface area contributed by atoms with Crippen molar-refractivity contribution in [2.75, 3.05) is 51.5 Å². The summed E-state index contributed by atoms with van der Waals surface area (Å²) in [5.74, 6) is 1.32. The van der Waals surface area contributed by atoms with Crippen molar-refractivity contribution in [3.05, 3.63) is 29.0 Å². The van der Waals surface area contributed by atoms with Gasteiger partial charge in [-0.2, -0.15) is 10.4 Å². The van der Waals surface area contributed by atoms with E-state index < -0.39 is 16.1 Å². The molecule has 1 saturated carbocycles. The van der Waals surface area contributed by atoms with Crippen molar-refractivity contribution in [2.24, 2.45) is 11.3 Å². The number of anilines is 1. The van der Waals surface area contributed by atoms with Crippen LogP contribution in [0.3, 0.4) is 0 Å². The van der Waals surface area contributed by atoms with Gasteiger partial charge < -0.3 is 19.1 Å². The van der Waals surface area contributed by atoms with Gasteiger partial charge in [-0.1, -0.05) is 46.2 Å². The maximum atomic E-state index is 13.8. The second-order valence-corrected chi connectivity index (χ2v) is 28.7. The molecule has 2 aliphatic carbocycles. The number of fused-ring (bicyclic) bond motifs is 3. The third-order valence-corrected chi connectivity index (χ3v) is 14.4. The molecule has 3 atom stereocenters. The summed E-state index contributed by atoms with van der Waals surface area (Å²) in [6.45, 7) is 23.2. The molecule has 1 amide bonds. The minimum atomic E-state index is -1.32. The van der Waals surface area contributed by atoms with Crippen LogP contribution in [0.2, 0.25) is 51.4 Å². The molecule has 0 N–H and O–H groups in total. The molecule has 13 heteroatoms. The Morgan fingerprint density at radius 2 is 1.76 bits per heavy atom. The summed E-state index contributed by atoms with van der Waals surface area (Å²) in [4.78, 5) is 22.8. The number of benzene rings is 1. The van der Waals surface area contributed by atoms with Crippen LogP contribution in [0.1, 0.15) is 37.1 Å². The third kappa shape index (κ3) is 7.95. The zero-order chi connectivity index (χ0) is 36.0. The maximum absolute atomic E-state index is 13.8. The van der Waals surface area contributed by atoms with Gasteiger partial charge >= 0.3 is 0 Å². The van der Waals surface area contributed by atoms with Gasteiger partial charge in [-0.05, 0) is 61.7 Å². The van der Waals surface area contributed by atoms with Crippen LogP contribution in [0.4, 0.5) is 5.69 Å². The first-order valence-electron chi connectivity index (χ1n) is 18.4. The van der Waals surface area contributed by atoms with Crippen molar-refractivity contribution in [1.82, 2.24) is 24.2 Å². The van der Waals surface area contributed by atoms with Gasteiger partial charge in [0.2, 0.25) is 5.91 Å². The average molecular weight is 720 g/mol. The van der Waals surface area contributed by atoms with Crippen LogP contribution in [0, 0.1) is 22.7 Å². The Labute approximate surface area is 299 Å². The number of likely N-dealkylation sites (N-methyl/N-ethyl adjacent to an activating group) is 1. The number of rotatable bonds is 14. The fourth-order valence-electron chi connectivity index (χ4n) is 7.29. The maximum Gasteiger partial charge on any atom is 0.243 e. The van der Waals surface area contributed by atoms with Gasteiger partial charge in [-0.25, -0.2) is 9.67 Å². The molecule has 3 heterocycles. The lowest BCUT2D eigenvalue weighted by molar-refractivity contribution is -0.124. The molecular formula is C37H57N7O4Si2. The van der Waals surface area contributed by atoms with Gasteiger partial charge in [0.25, 0.3) is 0 Å². The Hall–Kier alpha value is -2.87. The number of carbonyl (C=O) groups excluding carboxylic acids is 1. The second-order valence-electron chi connectivity index (χ2n) is 17.5. The summed E-state index contributed by atoms with van der Waals surface area (Å²) in [5.41, 5.74) is 6.10. The molecule has 272 valence electrons. The molecule has 3 aliphatic rings. The lowest BCUT2D eigenvalue weighted by Crippen LogP contribution is -2.50. The second kappa shape index (κ2) is 14.3. The molecule has 2 aromatic heterocycles. The van der Waals surface area contributed by atoms with Crippen molar-refractivity contribution in [3.63, 3.8) is 0 Å². The van der Waals surface area contributed by atoms with Gasteiger partial charge in [-0.3, -0.25) is 14.3 Å². The summed E-state index contributed by atoms with van der Waals surface area (Å²) >= 11 is 0. The van der Waals surface area contributed by atoms with Crippen LogP contribution in [0.5, 0.6) is 0 Å². The molecule has 1 aliphatic heterocycles.